The lowest BCUT2D eigenvalue weighted by Gasteiger charge is -2.26. The predicted molar refractivity (Wildman–Crippen MR) is 94.7 cm³/mol. The molecule has 1 heterocycles. The fourth-order valence-corrected chi connectivity index (χ4v) is 4.95. The SMILES string of the molecule is COc1cccc(CCS(=O)(=O)NCCS(=O)(=O)N2CCOCC2)c1. The van der Waals surface area contributed by atoms with E-state index in [4.69, 9.17) is 9.47 Å². The van der Waals surface area contributed by atoms with E-state index in [0.29, 0.717) is 38.5 Å². The van der Waals surface area contributed by atoms with E-state index in [-0.39, 0.29) is 18.1 Å². The van der Waals surface area contributed by atoms with Crippen LogP contribution in [0.25, 0.3) is 0 Å². The standard InChI is InChI=1S/C15H24N2O6S2/c1-22-15-4-2-3-14(13-15)5-11-24(18,19)16-6-12-25(20,21)17-7-9-23-10-8-17/h2-4,13,16H,5-12H2,1H3. The maximum Gasteiger partial charge on any atom is 0.215 e. The van der Waals surface area contributed by atoms with Crippen LogP contribution in [0.3, 0.4) is 0 Å². The molecule has 0 radical (unpaired) electrons. The second-order valence-corrected chi connectivity index (χ2v) is 9.66. The number of rotatable bonds is 9. The van der Waals surface area contributed by atoms with Crippen molar-refractivity contribution in [1.82, 2.24) is 9.03 Å². The van der Waals surface area contributed by atoms with Gasteiger partial charge >= 0.3 is 0 Å². The van der Waals surface area contributed by atoms with E-state index in [2.05, 4.69) is 4.72 Å². The zero-order valence-corrected chi connectivity index (χ0v) is 15.8. The molecule has 1 saturated heterocycles. The summed E-state index contributed by atoms with van der Waals surface area (Å²) in [5, 5.41) is 0. The normalized spacial score (nSPS) is 16.7. The largest absolute Gasteiger partial charge is 0.497 e. The summed E-state index contributed by atoms with van der Waals surface area (Å²) in [6.45, 7) is 1.22. The van der Waals surface area contributed by atoms with Crippen molar-refractivity contribution in [2.45, 2.75) is 6.42 Å². The maximum atomic E-state index is 12.1. The molecule has 1 aromatic carbocycles. The van der Waals surface area contributed by atoms with Crippen molar-refractivity contribution >= 4 is 20.0 Å². The number of hydrogen-bond donors (Lipinski definition) is 1. The van der Waals surface area contributed by atoms with Crippen LogP contribution in [0, 0.1) is 0 Å². The third-order valence-corrected chi connectivity index (χ3v) is 7.10. The molecule has 142 valence electrons. The highest BCUT2D eigenvalue weighted by molar-refractivity contribution is 7.90. The minimum atomic E-state index is -3.55. The number of ether oxygens (including phenoxy) is 2. The molecule has 25 heavy (non-hydrogen) atoms. The smallest absolute Gasteiger partial charge is 0.215 e. The van der Waals surface area contributed by atoms with Gasteiger partial charge in [0, 0.05) is 19.6 Å². The highest BCUT2D eigenvalue weighted by atomic mass is 32.2. The summed E-state index contributed by atoms with van der Waals surface area (Å²) in [6.07, 6.45) is 0.322. The first-order valence-electron chi connectivity index (χ1n) is 7.98. The molecule has 1 fully saturated rings. The lowest BCUT2D eigenvalue weighted by Crippen LogP contribution is -2.44. The molecule has 0 atom stereocenters. The van der Waals surface area contributed by atoms with Crippen LogP contribution in [0.1, 0.15) is 5.56 Å². The fourth-order valence-electron chi connectivity index (χ4n) is 2.43. The van der Waals surface area contributed by atoms with Gasteiger partial charge in [-0.15, -0.1) is 0 Å². The molecule has 0 saturated carbocycles. The Balaban J connectivity index is 1.80. The summed E-state index contributed by atoms with van der Waals surface area (Å²) < 4.78 is 62.3. The van der Waals surface area contributed by atoms with Crippen LogP contribution in [0.4, 0.5) is 0 Å². The van der Waals surface area contributed by atoms with E-state index < -0.39 is 20.0 Å². The van der Waals surface area contributed by atoms with Crippen LogP contribution in [0.2, 0.25) is 0 Å². The summed E-state index contributed by atoms with van der Waals surface area (Å²) in [5.41, 5.74) is 0.839. The second kappa shape index (κ2) is 8.95. The molecular formula is C15H24N2O6S2. The molecule has 0 bridgehead atoms. The number of sulfonamides is 2. The van der Waals surface area contributed by atoms with Gasteiger partial charge in [0.15, 0.2) is 0 Å². The molecule has 1 aliphatic heterocycles. The summed E-state index contributed by atoms with van der Waals surface area (Å²) >= 11 is 0. The Labute approximate surface area is 149 Å². The van der Waals surface area contributed by atoms with E-state index in [0.717, 1.165) is 5.56 Å². The van der Waals surface area contributed by atoms with E-state index in [9.17, 15) is 16.8 Å². The molecule has 0 unspecified atom stereocenters. The van der Waals surface area contributed by atoms with Gasteiger partial charge in [0.25, 0.3) is 0 Å². The van der Waals surface area contributed by atoms with Gasteiger partial charge in [0.2, 0.25) is 20.0 Å². The average Bonchev–Trinajstić information content (AvgIpc) is 2.61. The molecule has 1 aromatic rings. The van der Waals surface area contributed by atoms with Gasteiger partial charge < -0.3 is 9.47 Å². The van der Waals surface area contributed by atoms with Crippen LogP contribution in [0.5, 0.6) is 5.75 Å². The quantitative estimate of drug-likeness (QED) is 0.625. The summed E-state index contributed by atoms with van der Waals surface area (Å²) in [5.74, 6) is 0.294. The van der Waals surface area contributed by atoms with Crippen LogP contribution in [-0.4, -0.2) is 72.6 Å². The number of aryl methyl sites for hydroxylation is 1. The van der Waals surface area contributed by atoms with Crippen molar-refractivity contribution in [3.05, 3.63) is 29.8 Å². The predicted octanol–water partition coefficient (Wildman–Crippen LogP) is -0.181. The summed E-state index contributed by atoms with van der Waals surface area (Å²) in [6, 6.07) is 7.18. The molecule has 10 heteroatoms. The number of morpholine rings is 1. The zero-order chi connectivity index (χ0) is 18.3. The number of hydrogen-bond acceptors (Lipinski definition) is 6. The van der Waals surface area contributed by atoms with Crippen molar-refractivity contribution in [1.29, 1.82) is 0 Å². The lowest BCUT2D eigenvalue weighted by molar-refractivity contribution is 0.0730. The molecule has 2 rings (SSSR count). The third-order valence-electron chi connectivity index (χ3n) is 3.84. The molecule has 0 aliphatic carbocycles. The topological polar surface area (TPSA) is 102 Å². The number of nitrogens with zero attached hydrogens (tertiary/aromatic N) is 1. The zero-order valence-electron chi connectivity index (χ0n) is 14.2. The lowest BCUT2D eigenvalue weighted by atomic mass is 10.2. The van der Waals surface area contributed by atoms with Gasteiger partial charge in [-0.1, -0.05) is 12.1 Å². The Morgan fingerprint density at radius 3 is 2.56 bits per heavy atom. The molecule has 1 N–H and O–H groups in total. The molecular weight excluding hydrogens is 368 g/mol. The number of benzene rings is 1. The Bertz CT molecular complexity index is 758. The van der Waals surface area contributed by atoms with Crippen LogP contribution < -0.4 is 9.46 Å². The molecule has 1 aliphatic rings. The Hall–Kier alpha value is -1.20. The van der Waals surface area contributed by atoms with Crippen molar-refractivity contribution in [2.75, 3.05) is 51.5 Å². The fraction of sp³-hybridized carbons (Fsp3) is 0.600. The summed E-state index contributed by atoms with van der Waals surface area (Å²) in [4.78, 5) is 0. The van der Waals surface area contributed by atoms with Crippen LogP contribution >= 0.6 is 0 Å². The minimum Gasteiger partial charge on any atom is -0.497 e. The van der Waals surface area contributed by atoms with Gasteiger partial charge in [-0.25, -0.2) is 21.6 Å². The molecule has 0 amide bonds. The van der Waals surface area contributed by atoms with Gasteiger partial charge in [0.05, 0.1) is 31.8 Å². The highest BCUT2D eigenvalue weighted by Gasteiger charge is 2.24. The number of methoxy groups -OCH3 is 1. The van der Waals surface area contributed by atoms with Crippen molar-refractivity contribution in [3.8, 4) is 5.75 Å². The van der Waals surface area contributed by atoms with E-state index in [1.807, 2.05) is 6.07 Å². The van der Waals surface area contributed by atoms with E-state index in [1.165, 1.54) is 4.31 Å². The van der Waals surface area contributed by atoms with Gasteiger partial charge in [0.1, 0.15) is 5.75 Å². The average molecular weight is 392 g/mol. The highest BCUT2D eigenvalue weighted by Crippen LogP contribution is 2.13. The van der Waals surface area contributed by atoms with Crippen molar-refractivity contribution in [2.24, 2.45) is 0 Å². The maximum absolute atomic E-state index is 12.1. The first kappa shape index (κ1) is 20.1. The third kappa shape index (κ3) is 6.55. The summed E-state index contributed by atoms with van der Waals surface area (Å²) in [7, 11) is -5.48. The van der Waals surface area contributed by atoms with Crippen LogP contribution in [0.15, 0.2) is 24.3 Å². The molecule has 8 nitrogen and oxygen atoms in total. The second-order valence-electron chi connectivity index (χ2n) is 5.64. The Morgan fingerprint density at radius 1 is 1.16 bits per heavy atom. The van der Waals surface area contributed by atoms with Gasteiger partial charge in [-0.05, 0) is 24.1 Å². The van der Waals surface area contributed by atoms with Crippen molar-refractivity contribution < 1.29 is 26.3 Å². The minimum absolute atomic E-state index is 0.113. The van der Waals surface area contributed by atoms with Gasteiger partial charge in [-0.3, -0.25) is 0 Å². The molecule has 0 spiro atoms. The van der Waals surface area contributed by atoms with E-state index >= 15 is 0 Å². The number of nitrogens with one attached hydrogen (secondary N) is 1. The first-order valence-corrected chi connectivity index (χ1v) is 11.2. The first-order chi connectivity index (χ1) is 11.8. The Morgan fingerprint density at radius 2 is 1.88 bits per heavy atom. The molecule has 0 aromatic heterocycles. The van der Waals surface area contributed by atoms with Crippen molar-refractivity contribution in [3.63, 3.8) is 0 Å². The Kier molecular flexibility index (Phi) is 7.20. The van der Waals surface area contributed by atoms with E-state index in [1.54, 1.807) is 25.3 Å². The van der Waals surface area contributed by atoms with Crippen LogP contribution in [-0.2, 0) is 31.2 Å². The monoisotopic (exact) mass is 392 g/mol. The van der Waals surface area contributed by atoms with Gasteiger partial charge in [-0.2, -0.15) is 4.31 Å².